The number of nitrogens with zero attached hydrogens (tertiary/aromatic N) is 1. The molecular formula is C16H27N. The molecule has 0 aromatic heterocycles. The van der Waals surface area contributed by atoms with Gasteiger partial charge in [0.05, 0.1) is 0 Å². The van der Waals surface area contributed by atoms with Crippen molar-refractivity contribution in [3.8, 4) is 0 Å². The smallest absolute Gasteiger partial charge is 0.0278 e. The van der Waals surface area contributed by atoms with Crippen molar-refractivity contribution in [1.82, 2.24) is 4.90 Å². The molecule has 0 aromatic carbocycles. The molecule has 0 aromatic rings. The molecule has 3 fully saturated rings. The minimum absolute atomic E-state index is 0.624. The Morgan fingerprint density at radius 3 is 2.82 bits per heavy atom. The Labute approximate surface area is 106 Å². The van der Waals surface area contributed by atoms with Crippen molar-refractivity contribution >= 4 is 0 Å². The van der Waals surface area contributed by atoms with Crippen molar-refractivity contribution in [2.24, 2.45) is 23.7 Å². The zero-order chi connectivity index (χ0) is 12.0. The van der Waals surface area contributed by atoms with Crippen LogP contribution in [0.5, 0.6) is 0 Å². The van der Waals surface area contributed by atoms with E-state index in [1.807, 2.05) is 0 Å². The molecule has 1 spiro atoms. The molecule has 5 atom stereocenters. The molecule has 0 bridgehead atoms. The van der Waals surface area contributed by atoms with Crippen molar-refractivity contribution < 1.29 is 0 Å². The first-order valence-corrected chi connectivity index (χ1v) is 7.56. The summed E-state index contributed by atoms with van der Waals surface area (Å²) in [5, 5.41) is 0. The van der Waals surface area contributed by atoms with Gasteiger partial charge in [0, 0.05) is 12.1 Å². The van der Waals surface area contributed by atoms with Gasteiger partial charge in [0.2, 0.25) is 0 Å². The molecule has 0 N–H and O–H groups in total. The van der Waals surface area contributed by atoms with Crippen LogP contribution in [0.4, 0.5) is 0 Å². The summed E-state index contributed by atoms with van der Waals surface area (Å²) in [6, 6.07) is 0. The number of hydrogen-bond donors (Lipinski definition) is 0. The van der Waals surface area contributed by atoms with Gasteiger partial charge in [0.25, 0.3) is 0 Å². The van der Waals surface area contributed by atoms with Crippen LogP contribution in [-0.2, 0) is 0 Å². The second-order valence-corrected chi connectivity index (χ2v) is 6.65. The Hall–Kier alpha value is -0.300. The highest BCUT2D eigenvalue weighted by atomic mass is 15.3. The maximum Gasteiger partial charge on any atom is 0.0278 e. The summed E-state index contributed by atoms with van der Waals surface area (Å²) in [5.74, 6) is 3.90. The van der Waals surface area contributed by atoms with Gasteiger partial charge in [-0.25, -0.2) is 0 Å². The SMILES string of the molecule is C=CCC1C(CC)CCC23C(CCC12)CN3C. The van der Waals surface area contributed by atoms with Crippen molar-refractivity contribution in [3.63, 3.8) is 0 Å². The van der Waals surface area contributed by atoms with Gasteiger partial charge in [0.1, 0.15) is 0 Å². The first kappa shape index (κ1) is 11.8. The van der Waals surface area contributed by atoms with Gasteiger partial charge in [-0.05, 0) is 62.8 Å². The van der Waals surface area contributed by atoms with Gasteiger partial charge in [0.15, 0.2) is 0 Å². The standard InChI is InChI=1S/C16H27N/c1-4-6-14-12(5-2)9-10-16-13(11-17(16)3)7-8-15(14)16/h4,12-15H,1,5-11H2,2-3H3. The van der Waals surface area contributed by atoms with Crippen LogP contribution in [0, 0.1) is 23.7 Å². The van der Waals surface area contributed by atoms with Crippen LogP contribution in [0.25, 0.3) is 0 Å². The van der Waals surface area contributed by atoms with E-state index in [1.54, 1.807) is 0 Å². The normalized spacial score (nSPS) is 49.3. The molecular weight excluding hydrogens is 206 g/mol. The highest BCUT2D eigenvalue weighted by molar-refractivity contribution is 5.17. The lowest BCUT2D eigenvalue weighted by atomic mass is 9.57. The maximum atomic E-state index is 4.00. The minimum atomic E-state index is 0.624. The van der Waals surface area contributed by atoms with E-state index in [4.69, 9.17) is 0 Å². The molecule has 17 heavy (non-hydrogen) atoms. The Kier molecular flexibility index (Phi) is 2.85. The molecule has 2 saturated carbocycles. The van der Waals surface area contributed by atoms with Crippen LogP contribution in [-0.4, -0.2) is 24.0 Å². The lowest BCUT2D eigenvalue weighted by molar-refractivity contribution is -0.119. The second-order valence-electron chi connectivity index (χ2n) is 6.65. The molecule has 1 heterocycles. The van der Waals surface area contributed by atoms with E-state index in [0.29, 0.717) is 5.54 Å². The van der Waals surface area contributed by atoms with Crippen LogP contribution in [0.1, 0.15) is 45.4 Å². The van der Waals surface area contributed by atoms with Gasteiger partial charge in [-0.3, -0.25) is 4.90 Å². The number of rotatable bonds is 3. The average Bonchev–Trinajstić information content (AvgIpc) is 2.64. The van der Waals surface area contributed by atoms with Gasteiger partial charge in [-0.15, -0.1) is 6.58 Å². The predicted octanol–water partition coefficient (Wildman–Crippen LogP) is 3.71. The van der Waals surface area contributed by atoms with Crippen LogP contribution in [0.3, 0.4) is 0 Å². The fraction of sp³-hybridized carbons (Fsp3) is 0.875. The Morgan fingerprint density at radius 2 is 2.18 bits per heavy atom. The molecule has 3 rings (SSSR count). The molecule has 0 amide bonds. The van der Waals surface area contributed by atoms with E-state index in [0.717, 1.165) is 23.7 Å². The number of allylic oxidation sites excluding steroid dienone is 1. The lowest BCUT2D eigenvalue weighted by Crippen LogP contribution is -2.68. The Morgan fingerprint density at radius 1 is 1.35 bits per heavy atom. The van der Waals surface area contributed by atoms with Crippen molar-refractivity contribution in [3.05, 3.63) is 12.7 Å². The van der Waals surface area contributed by atoms with E-state index >= 15 is 0 Å². The van der Waals surface area contributed by atoms with Gasteiger partial charge in [-0.1, -0.05) is 19.4 Å². The molecule has 0 radical (unpaired) electrons. The van der Waals surface area contributed by atoms with E-state index in [-0.39, 0.29) is 0 Å². The molecule has 3 aliphatic rings. The van der Waals surface area contributed by atoms with Crippen molar-refractivity contribution in [2.45, 2.75) is 51.0 Å². The third kappa shape index (κ3) is 1.41. The molecule has 96 valence electrons. The topological polar surface area (TPSA) is 3.24 Å². The highest BCUT2D eigenvalue weighted by Gasteiger charge is 2.62. The molecule has 1 aliphatic heterocycles. The molecule has 5 unspecified atom stereocenters. The molecule has 2 aliphatic carbocycles. The Balaban J connectivity index is 1.87. The van der Waals surface area contributed by atoms with Gasteiger partial charge < -0.3 is 0 Å². The number of likely N-dealkylation sites (tertiary alicyclic amines) is 1. The van der Waals surface area contributed by atoms with E-state index < -0.39 is 0 Å². The second kappa shape index (κ2) is 4.12. The molecule has 1 heteroatoms. The summed E-state index contributed by atoms with van der Waals surface area (Å²) in [7, 11) is 2.37. The Bertz CT molecular complexity index is 311. The predicted molar refractivity (Wildman–Crippen MR) is 72.9 cm³/mol. The van der Waals surface area contributed by atoms with E-state index in [1.165, 1.54) is 45.1 Å². The van der Waals surface area contributed by atoms with Gasteiger partial charge >= 0.3 is 0 Å². The largest absolute Gasteiger partial charge is 0.300 e. The van der Waals surface area contributed by atoms with Crippen LogP contribution in [0.2, 0.25) is 0 Å². The third-order valence-corrected chi connectivity index (χ3v) is 6.38. The average molecular weight is 233 g/mol. The summed E-state index contributed by atoms with van der Waals surface area (Å²) < 4.78 is 0. The molecule has 1 nitrogen and oxygen atoms in total. The maximum absolute atomic E-state index is 4.00. The van der Waals surface area contributed by atoms with Crippen LogP contribution >= 0.6 is 0 Å². The van der Waals surface area contributed by atoms with Gasteiger partial charge in [-0.2, -0.15) is 0 Å². The summed E-state index contributed by atoms with van der Waals surface area (Å²) >= 11 is 0. The lowest BCUT2D eigenvalue weighted by Gasteiger charge is -2.62. The molecule has 1 saturated heterocycles. The van der Waals surface area contributed by atoms with E-state index in [9.17, 15) is 0 Å². The van der Waals surface area contributed by atoms with Crippen LogP contribution in [0.15, 0.2) is 12.7 Å². The highest BCUT2D eigenvalue weighted by Crippen LogP contribution is 2.61. The first-order chi connectivity index (χ1) is 8.24. The first-order valence-electron chi connectivity index (χ1n) is 7.56. The summed E-state index contributed by atoms with van der Waals surface area (Å²) in [5.41, 5.74) is 0.624. The van der Waals surface area contributed by atoms with Crippen molar-refractivity contribution in [2.75, 3.05) is 13.6 Å². The monoisotopic (exact) mass is 233 g/mol. The third-order valence-electron chi connectivity index (χ3n) is 6.38. The number of hydrogen-bond acceptors (Lipinski definition) is 1. The summed E-state index contributed by atoms with van der Waals surface area (Å²) in [4.78, 5) is 2.69. The quantitative estimate of drug-likeness (QED) is 0.672. The van der Waals surface area contributed by atoms with Crippen molar-refractivity contribution in [1.29, 1.82) is 0 Å². The fourth-order valence-corrected chi connectivity index (χ4v) is 5.60. The van der Waals surface area contributed by atoms with E-state index in [2.05, 4.69) is 31.5 Å². The van der Waals surface area contributed by atoms with Crippen LogP contribution < -0.4 is 0 Å². The zero-order valence-electron chi connectivity index (χ0n) is 11.5. The zero-order valence-corrected chi connectivity index (χ0v) is 11.5. The fourth-order valence-electron chi connectivity index (χ4n) is 5.60. The minimum Gasteiger partial charge on any atom is -0.300 e. The summed E-state index contributed by atoms with van der Waals surface area (Å²) in [6.45, 7) is 7.76. The summed E-state index contributed by atoms with van der Waals surface area (Å²) in [6.07, 6.45) is 10.7.